The predicted molar refractivity (Wildman–Crippen MR) is 114 cm³/mol. The van der Waals surface area contributed by atoms with Crippen LogP contribution in [0.5, 0.6) is 11.5 Å². The van der Waals surface area contributed by atoms with E-state index in [1.54, 1.807) is 6.26 Å². The van der Waals surface area contributed by atoms with Crippen LogP contribution in [0, 0.1) is 13.8 Å². The summed E-state index contributed by atoms with van der Waals surface area (Å²) in [4.78, 5) is 24.5. The minimum atomic E-state index is -0.483. The molecule has 1 aromatic heterocycles. The molecule has 3 aromatic rings. The van der Waals surface area contributed by atoms with Gasteiger partial charge in [-0.05, 0) is 49.6 Å². The standard InChI is InChI=1S/C24H25NO6/c1-14-4-6-19-18(12-31-24(19)15(14)2)11-23(27)30-13-22(26)25-16(3)17-5-7-20-21(10-17)29-9-8-28-20/h4-7,10,12,16H,8-9,11,13H2,1-3H3,(H,25,26)/t16-/m1/s1. The van der Waals surface area contributed by atoms with Gasteiger partial charge in [0.25, 0.3) is 5.91 Å². The Labute approximate surface area is 180 Å². The summed E-state index contributed by atoms with van der Waals surface area (Å²) in [6, 6.07) is 9.20. The van der Waals surface area contributed by atoms with Crippen LogP contribution < -0.4 is 14.8 Å². The topological polar surface area (TPSA) is 87.0 Å². The molecule has 7 nitrogen and oxygen atoms in total. The molecule has 0 saturated carbocycles. The quantitative estimate of drug-likeness (QED) is 0.607. The first kappa shape index (κ1) is 20.8. The van der Waals surface area contributed by atoms with Crippen molar-refractivity contribution in [3.63, 3.8) is 0 Å². The van der Waals surface area contributed by atoms with Gasteiger partial charge in [-0.1, -0.05) is 18.2 Å². The monoisotopic (exact) mass is 423 g/mol. The van der Waals surface area contributed by atoms with E-state index in [1.165, 1.54) is 0 Å². The van der Waals surface area contributed by atoms with E-state index in [1.807, 2.05) is 51.1 Å². The highest BCUT2D eigenvalue weighted by atomic mass is 16.6. The maximum Gasteiger partial charge on any atom is 0.310 e. The summed E-state index contributed by atoms with van der Waals surface area (Å²) in [6.45, 7) is 6.52. The highest BCUT2D eigenvalue weighted by molar-refractivity contribution is 5.89. The number of hydrogen-bond donors (Lipinski definition) is 1. The predicted octanol–water partition coefficient (Wildman–Crippen LogP) is 3.78. The van der Waals surface area contributed by atoms with Crippen molar-refractivity contribution in [3.8, 4) is 11.5 Å². The molecule has 7 heteroatoms. The van der Waals surface area contributed by atoms with E-state index in [4.69, 9.17) is 18.6 Å². The summed E-state index contributed by atoms with van der Waals surface area (Å²) in [6.07, 6.45) is 1.61. The first-order chi connectivity index (χ1) is 14.9. The van der Waals surface area contributed by atoms with Gasteiger partial charge >= 0.3 is 5.97 Å². The molecule has 1 N–H and O–H groups in total. The molecule has 162 valence electrons. The molecule has 1 amide bonds. The number of carbonyl (C=O) groups is 2. The molecule has 0 spiro atoms. The maximum absolute atomic E-state index is 12.3. The Morgan fingerprint density at radius 2 is 1.87 bits per heavy atom. The fourth-order valence-electron chi connectivity index (χ4n) is 3.57. The first-order valence-electron chi connectivity index (χ1n) is 10.2. The van der Waals surface area contributed by atoms with Gasteiger partial charge in [0.05, 0.1) is 18.7 Å². The minimum Gasteiger partial charge on any atom is -0.486 e. The van der Waals surface area contributed by atoms with E-state index >= 15 is 0 Å². The van der Waals surface area contributed by atoms with E-state index in [0.29, 0.717) is 24.7 Å². The molecule has 1 atom stereocenters. The van der Waals surface area contributed by atoms with Gasteiger partial charge < -0.3 is 23.9 Å². The highest BCUT2D eigenvalue weighted by Crippen LogP contribution is 2.32. The molecule has 0 radical (unpaired) electrons. The summed E-state index contributed by atoms with van der Waals surface area (Å²) in [5.41, 5.74) is 4.56. The van der Waals surface area contributed by atoms with E-state index < -0.39 is 5.97 Å². The normalized spacial score (nSPS) is 13.6. The van der Waals surface area contributed by atoms with Crippen LogP contribution in [0.1, 0.15) is 35.2 Å². The molecular weight excluding hydrogens is 398 g/mol. The van der Waals surface area contributed by atoms with Crippen LogP contribution in [-0.2, 0) is 20.7 Å². The lowest BCUT2D eigenvalue weighted by atomic mass is 10.0. The van der Waals surface area contributed by atoms with Crippen LogP contribution in [-0.4, -0.2) is 31.7 Å². The number of ether oxygens (including phenoxy) is 3. The molecule has 1 aliphatic rings. The van der Waals surface area contributed by atoms with E-state index in [9.17, 15) is 9.59 Å². The average molecular weight is 423 g/mol. The van der Waals surface area contributed by atoms with Crippen molar-refractivity contribution in [1.82, 2.24) is 5.32 Å². The number of carbonyl (C=O) groups excluding carboxylic acids is 2. The molecule has 2 heterocycles. The molecule has 1 aliphatic heterocycles. The second-order valence-corrected chi connectivity index (χ2v) is 7.67. The average Bonchev–Trinajstić information content (AvgIpc) is 3.17. The summed E-state index contributed by atoms with van der Waals surface area (Å²) >= 11 is 0. The lowest BCUT2D eigenvalue weighted by Crippen LogP contribution is -2.31. The van der Waals surface area contributed by atoms with Crippen LogP contribution >= 0.6 is 0 Å². The van der Waals surface area contributed by atoms with Crippen molar-refractivity contribution >= 4 is 22.8 Å². The Kier molecular flexibility index (Phi) is 5.84. The van der Waals surface area contributed by atoms with E-state index in [2.05, 4.69) is 5.32 Å². The molecular formula is C24H25NO6. The SMILES string of the molecule is Cc1ccc2c(CC(=O)OCC(=O)N[C@H](C)c3ccc4c(c3)OCCO4)coc2c1C. The van der Waals surface area contributed by atoms with Crippen LogP contribution in [0.25, 0.3) is 11.0 Å². The van der Waals surface area contributed by atoms with Crippen molar-refractivity contribution in [1.29, 1.82) is 0 Å². The number of rotatable bonds is 6. The van der Waals surface area contributed by atoms with Crippen LogP contribution in [0.15, 0.2) is 41.0 Å². The Balaban J connectivity index is 1.30. The summed E-state index contributed by atoms with van der Waals surface area (Å²) < 4.78 is 21.9. The summed E-state index contributed by atoms with van der Waals surface area (Å²) in [5, 5.41) is 3.72. The van der Waals surface area contributed by atoms with Crippen LogP contribution in [0.3, 0.4) is 0 Å². The molecule has 31 heavy (non-hydrogen) atoms. The van der Waals surface area contributed by atoms with E-state index in [-0.39, 0.29) is 25.0 Å². The fourth-order valence-corrected chi connectivity index (χ4v) is 3.57. The molecule has 0 aliphatic carbocycles. The first-order valence-corrected chi connectivity index (χ1v) is 10.2. The molecule has 2 aromatic carbocycles. The van der Waals surface area contributed by atoms with Crippen LogP contribution in [0.2, 0.25) is 0 Å². The van der Waals surface area contributed by atoms with Crippen LogP contribution in [0.4, 0.5) is 0 Å². The highest BCUT2D eigenvalue weighted by Gasteiger charge is 2.18. The van der Waals surface area contributed by atoms with Crippen molar-refractivity contribution in [2.24, 2.45) is 0 Å². The molecule has 4 rings (SSSR count). The zero-order valence-electron chi connectivity index (χ0n) is 17.8. The third-order valence-electron chi connectivity index (χ3n) is 5.48. The van der Waals surface area contributed by atoms with Gasteiger partial charge in [0.2, 0.25) is 0 Å². The molecule has 0 saturated heterocycles. The Bertz CT molecular complexity index is 1130. The van der Waals surface area contributed by atoms with Crippen molar-refractivity contribution in [3.05, 3.63) is 58.8 Å². The Hall–Kier alpha value is -3.48. The van der Waals surface area contributed by atoms with E-state index in [0.717, 1.165) is 33.2 Å². The number of benzene rings is 2. The Morgan fingerprint density at radius 3 is 2.68 bits per heavy atom. The minimum absolute atomic E-state index is 0.0422. The number of amides is 1. The Morgan fingerprint density at radius 1 is 1.10 bits per heavy atom. The third kappa shape index (κ3) is 4.50. The summed E-state index contributed by atoms with van der Waals surface area (Å²) in [5.74, 6) is 0.496. The zero-order valence-corrected chi connectivity index (χ0v) is 17.8. The van der Waals surface area contributed by atoms with Gasteiger partial charge in [0.15, 0.2) is 18.1 Å². The molecule has 0 bridgehead atoms. The summed E-state index contributed by atoms with van der Waals surface area (Å²) in [7, 11) is 0. The van der Waals surface area contributed by atoms with Gasteiger partial charge in [0, 0.05) is 10.9 Å². The van der Waals surface area contributed by atoms with Crippen molar-refractivity contribution in [2.75, 3.05) is 19.8 Å². The fraction of sp³-hybridized carbons (Fsp3) is 0.333. The maximum atomic E-state index is 12.3. The van der Waals surface area contributed by atoms with Crippen molar-refractivity contribution in [2.45, 2.75) is 33.2 Å². The number of furan rings is 1. The molecule has 0 unspecified atom stereocenters. The lowest BCUT2D eigenvalue weighted by molar-refractivity contribution is -0.148. The number of esters is 1. The van der Waals surface area contributed by atoms with Crippen molar-refractivity contribution < 1.29 is 28.2 Å². The second kappa shape index (κ2) is 8.71. The van der Waals surface area contributed by atoms with Gasteiger partial charge in [-0.2, -0.15) is 0 Å². The number of hydrogen-bond acceptors (Lipinski definition) is 6. The third-order valence-corrected chi connectivity index (χ3v) is 5.48. The van der Waals surface area contributed by atoms with Gasteiger partial charge in [-0.3, -0.25) is 9.59 Å². The van der Waals surface area contributed by atoms with Gasteiger partial charge in [-0.15, -0.1) is 0 Å². The van der Waals surface area contributed by atoms with Gasteiger partial charge in [-0.25, -0.2) is 0 Å². The largest absolute Gasteiger partial charge is 0.486 e. The zero-order chi connectivity index (χ0) is 22.0. The number of nitrogens with one attached hydrogen (secondary N) is 1. The molecule has 0 fully saturated rings. The number of aryl methyl sites for hydroxylation is 2. The smallest absolute Gasteiger partial charge is 0.310 e. The lowest BCUT2D eigenvalue weighted by Gasteiger charge is -2.21. The number of fused-ring (bicyclic) bond motifs is 2. The van der Waals surface area contributed by atoms with Gasteiger partial charge in [0.1, 0.15) is 18.8 Å². The second-order valence-electron chi connectivity index (χ2n) is 7.67.